The van der Waals surface area contributed by atoms with E-state index in [1.54, 1.807) is 17.5 Å². The van der Waals surface area contributed by atoms with E-state index >= 15 is 0 Å². The Morgan fingerprint density at radius 2 is 1.96 bits per heavy atom. The predicted molar refractivity (Wildman–Crippen MR) is 97.0 cm³/mol. The number of hydrogen-bond acceptors (Lipinski definition) is 5. The molecule has 0 aliphatic heterocycles. The van der Waals surface area contributed by atoms with Gasteiger partial charge < -0.3 is 11.1 Å². The molecule has 0 spiro atoms. The van der Waals surface area contributed by atoms with E-state index in [1.165, 1.54) is 16.0 Å². The lowest BCUT2D eigenvalue weighted by atomic mass is 10.2. The molecule has 3 aromatic rings. The van der Waals surface area contributed by atoms with Crippen molar-refractivity contribution >= 4 is 33.0 Å². The van der Waals surface area contributed by atoms with Crippen LogP contribution >= 0.6 is 11.3 Å². The number of carbonyl (C=O) groups is 1. The summed E-state index contributed by atoms with van der Waals surface area (Å²) in [7, 11) is 0. The molecule has 0 fully saturated rings. The van der Waals surface area contributed by atoms with Crippen molar-refractivity contribution in [3.8, 4) is 5.69 Å². The Kier molecular flexibility index (Phi) is 4.11. The molecule has 0 aliphatic carbocycles. The first-order valence-electron chi connectivity index (χ1n) is 7.56. The summed E-state index contributed by atoms with van der Waals surface area (Å²) in [6, 6.07) is 7.33. The summed E-state index contributed by atoms with van der Waals surface area (Å²) in [5.41, 5.74) is 7.50. The summed E-state index contributed by atoms with van der Waals surface area (Å²) in [6.45, 7) is 5.70. The topological polar surface area (TPSA) is 90.0 Å². The van der Waals surface area contributed by atoms with E-state index in [0.717, 1.165) is 5.56 Å². The van der Waals surface area contributed by atoms with Gasteiger partial charge in [0.05, 0.1) is 16.1 Å². The lowest BCUT2D eigenvalue weighted by molar-refractivity contribution is 0.0938. The van der Waals surface area contributed by atoms with Crippen LogP contribution in [0.15, 0.2) is 34.4 Å². The van der Waals surface area contributed by atoms with Gasteiger partial charge in [-0.3, -0.25) is 9.59 Å². The molecule has 0 bridgehead atoms. The highest BCUT2D eigenvalue weighted by atomic mass is 32.1. The van der Waals surface area contributed by atoms with E-state index in [0.29, 0.717) is 21.5 Å². The standard InChI is InChI=1S/C17H18N4O2S/c1-9(2)19-16(22)14-12-8-24-15(18)13(12)17(23)21(20-14)11-6-4-10(3)5-7-11/h4-9H,18H2,1-3H3,(H,19,22). The van der Waals surface area contributed by atoms with E-state index in [1.807, 2.05) is 32.9 Å². The molecule has 0 saturated heterocycles. The third-order valence-corrected chi connectivity index (χ3v) is 4.41. The number of nitrogens with one attached hydrogen (secondary N) is 1. The molecule has 1 aromatic carbocycles. The molecule has 0 unspecified atom stereocenters. The average molecular weight is 342 g/mol. The second kappa shape index (κ2) is 6.09. The summed E-state index contributed by atoms with van der Waals surface area (Å²) in [6.07, 6.45) is 0. The summed E-state index contributed by atoms with van der Waals surface area (Å²) < 4.78 is 1.24. The van der Waals surface area contributed by atoms with Crippen molar-refractivity contribution in [2.24, 2.45) is 0 Å². The second-order valence-electron chi connectivity index (χ2n) is 5.92. The molecule has 7 heteroatoms. The minimum absolute atomic E-state index is 0.0370. The Balaban J connectivity index is 2.28. The molecular formula is C17H18N4O2S. The van der Waals surface area contributed by atoms with Gasteiger partial charge in [0.1, 0.15) is 0 Å². The Morgan fingerprint density at radius 1 is 1.29 bits per heavy atom. The van der Waals surface area contributed by atoms with Gasteiger partial charge in [0.2, 0.25) is 0 Å². The van der Waals surface area contributed by atoms with Gasteiger partial charge in [-0.15, -0.1) is 11.3 Å². The molecule has 2 aromatic heterocycles. The van der Waals surface area contributed by atoms with Crippen LogP contribution in [0.2, 0.25) is 0 Å². The zero-order valence-electron chi connectivity index (χ0n) is 13.7. The summed E-state index contributed by atoms with van der Waals surface area (Å²) in [5, 5.41) is 10.0. The van der Waals surface area contributed by atoms with E-state index in [9.17, 15) is 9.59 Å². The molecule has 0 atom stereocenters. The predicted octanol–water partition coefficient (Wildman–Crippen LogP) is 2.48. The van der Waals surface area contributed by atoms with Crippen LogP contribution in [0.25, 0.3) is 16.5 Å². The van der Waals surface area contributed by atoms with Gasteiger partial charge in [0.25, 0.3) is 11.5 Å². The Bertz CT molecular complexity index is 971. The number of fused-ring (bicyclic) bond motifs is 1. The number of anilines is 1. The van der Waals surface area contributed by atoms with Crippen molar-refractivity contribution in [2.75, 3.05) is 5.73 Å². The van der Waals surface area contributed by atoms with Crippen LogP contribution in [0.1, 0.15) is 29.9 Å². The lowest BCUT2D eigenvalue weighted by Crippen LogP contribution is -2.33. The fourth-order valence-corrected chi connectivity index (χ4v) is 3.22. The van der Waals surface area contributed by atoms with Crippen LogP contribution in [0.5, 0.6) is 0 Å². The van der Waals surface area contributed by atoms with Crippen molar-refractivity contribution in [1.82, 2.24) is 15.1 Å². The summed E-state index contributed by atoms with van der Waals surface area (Å²) >= 11 is 1.23. The van der Waals surface area contributed by atoms with Gasteiger partial charge in [0.15, 0.2) is 5.69 Å². The molecule has 3 N–H and O–H groups in total. The van der Waals surface area contributed by atoms with Gasteiger partial charge >= 0.3 is 0 Å². The smallest absolute Gasteiger partial charge is 0.282 e. The molecule has 6 nitrogen and oxygen atoms in total. The first kappa shape index (κ1) is 16.2. The number of hydrogen-bond donors (Lipinski definition) is 2. The lowest BCUT2D eigenvalue weighted by Gasteiger charge is -2.11. The van der Waals surface area contributed by atoms with E-state index in [2.05, 4.69) is 10.4 Å². The number of aromatic nitrogens is 2. The summed E-state index contributed by atoms with van der Waals surface area (Å²) in [5.74, 6) is -0.325. The maximum Gasteiger partial charge on any atom is 0.282 e. The molecule has 0 saturated carbocycles. The normalized spacial score (nSPS) is 11.2. The average Bonchev–Trinajstić information content (AvgIpc) is 2.90. The maximum absolute atomic E-state index is 12.8. The number of aryl methyl sites for hydroxylation is 1. The second-order valence-corrected chi connectivity index (χ2v) is 6.83. The summed E-state index contributed by atoms with van der Waals surface area (Å²) in [4.78, 5) is 25.3. The van der Waals surface area contributed by atoms with Crippen LogP contribution < -0.4 is 16.6 Å². The largest absolute Gasteiger partial charge is 0.390 e. The Hall–Kier alpha value is -2.67. The van der Waals surface area contributed by atoms with E-state index in [4.69, 9.17) is 5.73 Å². The number of benzene rings is 1. The zero-order valence-corrected chi connectivity index (χ0v) is 14.5. The van der Waals surface area contributed by atoms with Gasteiger partial charge in [-0.1, -0.05) is 17.7 Å². The van der Waals surface area contributed by atoms with E-state index in [-0.39, 0.29) is 23.2 Å². The van der Waals surface area contributed by atoms with Crippen LogP contribution in [-0.2, 0) is 0 Å². The number of nitrogen functional groups attached to an aromatic ring is 1. The molecule has 124 valence electrons. The van der Waals surface area contributed by atoms with E-state index < -0.39 is 0 Å². The molecule has 24 heavy (non-hydrogen) atoms. The maximum atomic E-state index is 12.8. The fraction of sp³-hybridized carbons (Fsp3) is 0.235. The van der Waals surface area contributed by atoms with Crippen molar-refractivity contribution in [3.05, 3.63) is 51.3 Å². The zero-order chi connectivity index (χ0) is 17.4. The van der Waals surface area contributed by atoms with Crippen molar-refractivity contribution in [3.63, 3.8) is 0 Å². The quantitative estimate of drug-likeness (QED) is 0.765. The molecule has 3 rings (SSSR count). The number of rotatable bonds is 3. The first-order valence-corrected chi connectivity index (χ1v) is 8.44. The molecule has 0 aliphatic rings. The SMILES string of the molecule is Cc1ccc(-n2nc(C(=O)NC(C)C)c3csc(N)c3c2=O)cc1. The number of nitrogens with zero attached hydrogens (tertiary/aromatic N) is 2. The Morgan fingerprint density at radius 3 is 2.58 bits per heavy atom. The van der Waals surface area contributed by atoms with Crippen LogP contribution in [0, 0.1) is 6.92 Å². The van der Waals surface area contributed by atoms with Crippen molar-refractivity contribution in [1.29, 1.82) is 0 Å². The van der Waals surface area contributed by atoms with Gasteiger partial charge in [-0.2, -0.15) is 9.78 Å². The Labute approximate surface area is 142 Å². The minimum atomic E-state index is -0.325. The molecular weight excluding hydrogens is 324 g/mol. The van der Waals surface area contributed by atoms with Gasteiger partial charge in [-0.05, 0) is 32.9 Å². The number of amides is 1. The van der Waals surface area contributed by atoms with Gasteiger partial charge in [-0.25, -0.2) is 0 Å². The van der Waals surface area contributed by atoms with Gasteiger partial charge in [0, 0.05) is 16.8 Å². The van der Waals surface area contributed by atoms with Crippen LogP contribution in [0.3, 0.4) is 0 Å². The third-order valence-electron chi connectivity index (χ3n) is 3.59. The van der Waals surface area contributed by atoms with Crippen molar-refractivity contribution < 1.29 is 4.79 Å². The highest BCUT2D eigenvalue weighted by Crippen LogP contribution is 2.27. The highest BCUT2D eigenvalue weighted by Gasteiger charge is 2.20. The fourth-order valence-electron chi connectivity index (χ4n) is 2.43. The third kappa shape index (κ3) is 2.78. The number of carbonyl (C=O) groups excluding carboxylic acids is 1. The molecule has 2 heterocycles. The van der Waals surface area contributed by atoms with Crippen LogP contribution in [0.4, 0.5) is 5.00 Å². The number of nitrogens with two attached hydrogens (primary N) is 1. The van der Waals surface area contributed by atoms with Crippen molar-refractivity contribution in [2.45, 2.75) is 26.8 Å². The molecule has 0 radical (unpaired) electrons. The highest BCUT2D eigenvalue weighted by molar-refractivity contribution is 7.15. The first-order chi connectivity index (χ1) is 11.4. The monoisotopic (exact) mass is 342 g/mol. The van der Waals surface area contributed by atoms with Crippen LogP contribution in [-0.4, -0.2) is 21.7 Å². The minimum Gasteiger partial charge on any atom is -0.390 e. The number of thiophene rings is 1. The molecule has 1 amide bonds.